The normalized spacial score (nSPS) is 10.9. The molecule has 2 N–H and O–H groups in total. The van der Waals surface area contributed by atoms with E-state index in [1.54, 1.807) is 37.3 Å². The lowest BCUT2D eigenvalue weighted by atomic mass is 10.2. The van der Waals surface area contributed by atoms with Crippen LogP contribution in [-0.4, -0.2) is 30.7 Å². The molecule has 0 bridgehead atoms. The summed E-state index contributed by atoms with van der Waals surface area (Å²) in [5, 5.41) is 6.71. The standard InChI is InChI=1S/C21H25N3O4/c1-4-27-18-11-9-17(10-12-18)22-20(25)13-16(3)23-24-21(26)14-28-19-8-6-5-7-15(19)2/h5-12H,4,13-14H2,1-3H3,(H,22,25)(H,24,26)/b23-16-. The monoisotopic (exact) mass is 383 g/mol. The molecule has 0 saturated carbocycles. The third-order valence-corrected chi connectivity index (χ3v) is 3.69. The number of nitrogens with one attached hydrogen (secondary N) is 2. The minimum absolute atomic E-state index is 0.0616. The number of rotatable bonds is 9. The molecule has 2 aromatic rings. The maximum absolute atomic E-state index is 12.1. The van der Waals surface area contributed by atoms with E-state index in [4.69, 9.17) is 9.47 Å². The van der Waals surface area contributed by atoms with E-state index in [9.17, 15) is 9.59 Å². The van der Waals surface area contributed by atoms with Crippen LogP contribution in [0.2, 0.25) is 0 Å². The Morgan fingerprint density at radius 2 is 1.71 bits per heavy atom. The average molecular weight is 383 g/mol. The summed E-state index contributed by atoms with van der Waals surface area (Å²) in [6.45, 7) is 5.91. The summed E-state index contributed by atoms with van der Waals surface area (Å²) in [5.74, 6) is 0.771. The lowest BCUT2D eigenvalue weighted by Gasteiger charge is -2.08. The topological polar surface area (TPSA) is 89.0 Å². The second kappa shape index (κ2) is 10.7. The molecule has 2 rings (SSSR count). The molecule has 0 aliphatic carbocycles. The second-order valence-corrected chi connectivity index (χ2v) is 6.12. The fourth-order valence-electron chi connectivity index (χ4n) is 2.33. The SMILES string of the molecule is CCOc1ccc(NC(=O)C/C(C)=N\NC(=O)COc2ccccc2C)cc1. The van der Waals surface area contributed by atoms with Crippen molar-refractivity contribution in [2.75, 3.05) is 18.5 Å². The van der Waals surface area contributed by atoms with Crippen LogP contribution in [0.1, 0.15) is 25.8 Å². The Morgan fingerprint density at radius 1 is 1.00 bits per heavy atom. The predicted octanol–water partition coefficient (Wildman–Crippen LogP) is 3.29. The molecule has 0 unspecified atom stereocenters. The molecule has 0 radical (unpaired) electrons. The number of benzene rings is 2. The van der Waals surface area contributed by atoms with E-state index >= 15 is 0 Å². The second-order valence-electron chi connectivity index (χ2n) is 6.12. The van der Waals surface area contributed by atoms with E-state index in [1.807, 2.05) is 32.0 Å². The number of carbonyl (C=O) groups is 2. The summed E-state index contributed by atoms with van der Waals surface area (Å²) >= 11 is 0. The highest BCUT2D eigenvalue weighted by molar-refractivity contribution is 6.05. The molecule has 0 aromatic heterocycles. The maximum Gasteiger partial charge on any atom is 0.277 e. The van der Waals surface area contributed by atoms with Crippen molar-refractivity contribution in [1.82, 2.24) is 5.43 Å². The van der Waals surface area contributed by atoms with Crippen molar-refractivity contribution in [1.29, 1.82) is 0 Å². The van der Waals surface area contributed by atoms with E-state index in [-0.39, 0.29) is 18.9 Å². The highest BCUT2D eigenvalue weighted by atomic mass is 16.5. The smallest absolute Gasteiger partial charge is 0.277 e. The van der Waals surface area contributed by atoms with Gasteiger partial charge in [0.25, 0.3) is 5.91 Å². The first-order valence-electron chi connectivity index (χ1n) is 9.01. The highest BCUT2D eigenvalue weighted by Crippen LogP contribution is 2.16. The van der Waals surface area contributed by atoms with Crippen molar-refractivity contribution >= 4 is 23.2 Å². The van der Waals surface area contributed by atoms with Crippen LogP contribution < -0.4 is 20.2 Å². The maximum atomic E-state index is 12.1. The number of hydrogen-bond acceptors (Lipinski definition) is 5. The molecular weight excluding hydrogens is 358 g/mol. The summed E-state index contributed by atoms with van der Waals surface area (Å²) in [5.41, 5.74) is 4.48. The lowest BCUT2D eigenvalue weighted by molar-refractivity contribution is -0.123. The van der Waals surface area contributed by atoms with Crippen LogP contribution in [-0.2, 0) is 9.59 Å². The molecule has 0 fully saturated rings. The zero-order chi connectivity index (χ0) is 20.4. The van der Waals surface area contributed by atoms with Crippen LogP contribution in [0.25, 0.3) is 0 Å². The molecule has 2 aromatic carbocycles. The van der Waals surface area contributed by atoms with Crippen LogP contribution in [0.15, 0.2) is 53.6 Å². The van der Waals surface area contributed by atoms with Crippen LogP contribution >= 0.6 is 0 Å². The van der Waals surface area contributed by atoms with Gasteiger partial charge in [0, 0.05) is 11.4 Å². The van der Waals surface area contributed by atoms with E-state index in [0.29, 0.717) is 23.8 Å². The van der Waals surface area contributed by atoms with Gasteiger partial charge in [-0.1, -0.05) is 18.2 Å². The quantitative estimate of drug-likeness (QED) is 0.514. The van der Waals surface area contributed by atoms with Crippen LogP contribution in [0.3, 0.4) is 0 Å². The van der Waals surface area contributed by atoms with Gasteiger partial charge in [0.15, 0.2) is 6.61 Å². The van der Waals surface area contributed by atoms with Gasteiger partial charge in [-0.2, -0.15) is 5.10 Å². The molecule has 0 aliphatic heterocycles. The Balaban J connectivity index is 1.75. The van der Waals surface area contributed by atoms with Crippen molar-refractivity contribution in [2.24, 2.45) is 5.10 Å². The molecule has 7 heteroatoms. The van der Waals surface area contributed by atoms with Gasteiger partial charge in [0.05, 0.1) is 13.0 Å². The molecule has 0 spiro atoms. The first-order valence-corrected chi connectivity index (χ1v) is 9.01. The first-order chi connectivity index (χ1) is 13.5. The minimum Gasteiger partial charge on any atom is -0.494 e. The zero-order valence-corrected chi connectivity index (χ0v) is 16.3. The summed E-state index contributed by atoms with van der Waals surface area (Å²) in [7, 11) is 0. The van der Waals surface area contributed by atoms with Crippen molar-refractivity contribution in [3.63, 3.8) is 0 Å². The van der Waals surface area contributed by atoms with E-state index in [2.05, 4.69) is 15.8 Å². The van der Waals surface area contributed by atoms with Gasteiger partial charge >= 0.3 is 0 Å². The van der Waals surface area contributed by atoms with Crippen LogP contribution in [0, 0.1) is 6.92 Å². The molecule has 28 heavy (non-hydrogen) atoms. The molecule has 0 aliphatic rings. The molecule has 0 atom stereocenters. The number of aryl methyl sites for hydroxylation is 1. The summed E-state index contributed by atoms with van der Waals surface area (Å²) < 4.78 is 10.8. The average Bonchev–Trinajstić information content (AvgIpc) is 2.67. The van der Waals surface area contributed by atoms with Gasteiger partial charge in [0.2, 0.25) is 5.91 Å². The number of hydrazone groups is 1. The Hall–Kier alpha value is -3.35. The number of amides is 2. The van der Waals surface area contributed by atoms with Gasteiger partial charge in [-0.3, -0.25) is 9.59 Å². The third-order valence-electron chi connectivity index (χ3n) is 3.69. The first kappa shape index (κ1) is 21.0. The van der Waals surface area contributed by atoms with E-state index < -0.39 is 5.91 Å². The molecule has 2 amide bonds. The summed E-state index contributed by atoms with van der Waals surface area (Å²) in [4.78, 5) is 23.9. The van der Waals surface area contributed by atoms with Gasteiger partial charge in [-0.15, -0.1) is 0 Å². The number of nitrogens with zero attached hydrogens (tertiary/aromatic N) is 1. The molecular formula is C21H25N3O4. The van der Waals surface area contributed by atoms with Gasteiger partial charge in [-0.05, 0) is 56.7 Å². The molecule has 0 heterocycles. The minimum atomic E-state index is -0.394. The van der Waals surface area contributed by atoms with Crippen LogP contribution in [0.5, 0.6) is 11.5 Å². The largest absolute Gasteiger partial charge is 0.494 e. The Labute approximate surface area is 164 Å². The van der Waals surface area contributed by atoms with Crippen molar-refractivity contribution in [3.8, 4) is 11.5 Å². The third kappa shape index (κ3) is 7.11. The number of anilines is 1. The number of ether oxygens (including phenoxy) is 2. The summed E-state index contributed by atoms with van der Waals surface area (Å²) in [6, 6.07) is 14.5. The van der Waals surface area contributed by atoms with Crippen molar-refractivity contribution in [2.45, 2.75) is 27.2 Å². The van der Waals surface area contributed by atoms with Gasteiger partial charge in [-0.25, -0.2) is 5.43 Å². The van der Waals surface area contributed by atoms with E-state index in [0.717, 1.165) is 11.3 Å². The van der Waals surface area contributed by atoms with Crippen molar-refractivity contribution in [3.05, 3.63) is 54.1 Å². The fourth-order valence-corrected chi connectivity index (χ4v) is 2.33. The number of para-hydroxylation sites is 1. The number of carbonyl (C=O) groups excluding carboxylic acids is 2. The molecule has 148 valence electrons. The van der Waals surface area contributed by atoms with E-state index in [1.165, 1.54) is 0 Å². The summed E-state index contributed by atoms with van der Waals surface area (Å²) in [6.07, 6.45) is 0.0616. The molecule has 0 saturated heterocycles. The Morgan fingerprint density at radius 3 is 2.39 bits per heavy atom. The molecule has 7 nitrogen and oxygen atoms in total. The van der Waals surface area contributed by atoms with Gasteiger partial charge < -0.3 is 14.8 Å². The Bertz CT molecular complexity index is 832. The van der Waals surface area contributed by atoms with Gasteiger partial charge in [0.1, 0.15) is 11.5 Å². The predicted molar refractivity (Wildman–Crippen MR) is 109 cm³/mol. The Kier molecular flexibility index (Phi) is 8.02. The fraction of sp³-hybridized carbons (Fsp3) is 0.286. The lowest BCUT2D eigenvalue weighted by Crippen LogP contribution is -2.26. The van der Waals surface area contributed by atoms with Crippen molar-refractivity contribution < 1.29 is 19.1 Å². The zero-order valence-electron chi connectivity index (χ0n) is 16.3. The number of hydrogen-bond donors (Lipinski definition) is 2. The van der Waals surface area contributed by atoms with Crippen LogP contribution in [0.4, 0.5) is 5.69 Å². The highest BCUT2D eigenvalue weighted by Gasteiger charge is 2.07.